The SMILES string of the molecule is CCN(C1=NC(=O)C(C)S1)c1ccc(F)cc1. The van der Waals surface area contributed by atoms with Crippen LogP contribution >= 0.6 is 11.8 Å². The fourth-order valence-electron chi connectivity index (χ4n) is 1.59. The topological polar surface area (TPSA) is 32.7 Å². The zero-order chi connectivity index (χ0) is 12.4. The minimum Gasteiger partial charge on any atom is -0.321 e. The van der Waals surface area contributed by atoms with Crippen molar-refractivity contribution in [3.05, 3.63) is 30.1 Å². The maximum absolute atomic E-state index is 12.8. The molecule has 1 amide bonds. The van der Waals surface area contributed by atoms with Crippen LogP contribution in [0.4, 0.5) is 10.1 Å². The van der Waals surface area contributed by atoms with Crippen molar-refractivity contribution in [2.75, 3.05) is 11.4 Å². The predicted molar refractivity (Wildman–Crippen MR) is 68.9 cm³/mol. The molecule has 0 aliphatic carbocycles. The number of aliphatic imine (C=N–C) groups is 1. The minimum atomic E-state index is -0.268. The molecule has 0 saturated heterocycles. The van der Waals surface area contributed by atoms with E-state index in [0.29, 0.717) is 11.7 Å². The molecule has 0 N–H and O–H groups in total. The second-order valence-electron chi connectivity index (χ2n) is 3.71. The Kier molecular flexibility index (Phi) is 3.47. The molecule has 5 heteroatoms. The lowest BCUT2D eigenvalue weighted by Crippen LogP contribution is -2.27. The van der Waals surface area contributed by atoms with Crippen LogP contribution in [0.3, 0.4) is 0 Å². The molecule has 1 aromatic carbocycles. The van der Waals surface area contributed by atoms with E-state index in [0.717, 1.165) is 5.69 Å². The summed E-state index contributed by atoms with van der Waals surface area (Å²) in [5, 5.41) is 0.566. The lowest BCUT2D eigenvalue weighted by atomic mass is 10.3. The third-order valence-corrected chi connectivity index (χ3v) is 3.60. The van der Waals surface area contributed by atoms with Gasteiger partial charge < -0.3 is 4.90 Å². The molecule has 0 aromatic heterocycles. The van der Waals surface area contributed by atoms with E-state index >= 15 is 0 Å². The first-order valence-corrected chi connectivity index (χ1v) is 6.32. The zero-order valence-corrected chi connectivity index (χ0v) is 10.5. The van der Waals surface area contributed by atoms with E-state index in [1.807, 2.05) is 18.7 Å². The van der Waals surface area contributed by atoms with Crippen LogP contribution in [0.1, 0.15) is 13.8 Å². The van der Waals surface area contributed by atoms with Gasteiger partial charge in [-0.15, -0.1) is 0 Å². The van der Waals surface area contributed by atoms with Crippen LogP contribution in [0.5, 0.6) is 0 Å². The van der Waals surface area contributed by atoms with Gasteiger partial charge in [0.1, 0.15) is 5.82 Å². The van der Waals surface area contributed by atoms with Crippen molar-refractivity contribution in [2.45, 2.75) is 19.1 Å². The van der Waals surface area contributed by atoms with Gasteiger partial charge in [-0.1, -0.05) is 11.8 Å². The first-order chi connectivity index (χ1) is 8.11. The van der Waals surface area contributed by atoms with Gasteiger partial charge in [-0.05, 0) is 38.1 Å². The number of amides is 1. The van der Waals surface area contributed by atoms with Crippen LogP contribution in [0.15, 0.2) is 29.3 Å². The molecule has 90 valence electrons. The van der Waals surface area contributed by atoms with E-state index in [4.69, 9.17) is 0 Å². The van der Waals surface area contributed by atoms with Gasteiger partial charge in [0.15, 0.2) is 5.17 Å². The molecule has 0 fully saturated rings. The Morgan fingerprint density at radius 1 is 1.41 bits per heavy atom. The van der Waals surface area contributed by atoms with Gasteiger partial charge in [0, 0.05) is 12.2 Å². The monoisotopic (exact) mass is 252 g/mol. The normalized spacial score (nSPS) is 19.4. The Morgan fingerprint density at radius 3 is 2.53 bits per heavy atom. The Balaban J connectivity index is 2.26. The average Bonchev–Trinajstić information content (AvgIpc) is 2.63. The second-order valence-corrected chi connectivity index (χ2v) is 5.02. The number of carbonyl (C=O) groups is 1. The number of carbonyl (C=O) groups excluding carboxylic acids is 1. The van der Waals surface area contributed by atoms with Crippen LogP contribution in [0.2, 0.25) is 0 Å². The first-order valence-electron chi connectivity index (χ1n) is 5.44. The van der Waals surface area contributed by atoms with E-state index in [-0.39, 0.29) is 17.0 Å². The molecule has 1 unspecified atom stereocenters. The summed E-state index contributed by atoms with van der Waals surface area (Å²) in [5.74, 6) is -0.374. The summed E-state index contributed by atoms with van der Waals surface area (Å²) in [4.78, 5) is 17.3. The lowest BCUT2D eigenvalue weighted by Gasteiger charge is -2.21. The van der Waals surface area contributed by atoms with E-state index in [9.17, 15) is 9.18 Å². The van der Waals surface area contributed by atoms with Crippen LogP contribution in [0.25, 0.3) is 0 Å². The molecule has 1 aromatic rings. The molecule has 3 nitrogen and oxygen atoms in total. The quantitative estimate of drug-likeness (QED) is 0.811. The molecule has 0 bridgehead atoms. The predicted octanol–water partition coefficient (Wildman–Crippen LogP) is 2.67. The number of rotatable bonds is 2. The van der Waals surface area contributed by atoms with Crippen molar-refractivity contribution in [3.8, 4) is 0 Å². The van der Waals surface area contributed by atoms with E-state index in [2.05, 4.69) is 4.99 Å². The highest BCUT2D eigenvalue weighted by atomic mass is 32.2. The maximum Gasteiger partial charge on any atom is 0.261 e. The standard InChI is InChI=1S/C12H13FN2OS/c1-3-15(10-6-4-9(13)5-7-10)12-14-11(16)8(2)17-12/h4-8H,3H2,1-2H3. The number of hydrogen-bond acceptors (Lipinski definition) is 3. The Bertz CT molecular complexity index is 458. The fourth-order valence-corrected chi connectivity index (χ4v) is 2.57. The molecule has 0 spiro atoms. The highest BCUT2D eigenvalue weighted by Gasteiger charge is 2.27. The van der Waals surface area contributed by atoms with Gasteiger partial charge in [-0.3, -0.25) is 4.79 Å². The van der Waals surface area contributed by atoms with Gasteiger partial charge in [-0.2, -0.15) is 4.99 Å². The number of anilines is 1. The number of benzene rings is 1. The van der Waals surface area contributed by atoms with Gasteiger partial charge in [0.2, 0.25) is 0 Å². The molecule has 1 aliphatic rings. The molecule has 1 aliphatic heterocycles. The van der Waals surface area contributed by atoms with Crippen LogP contribution < -0.4 is 4.90 Å². The molecule has 2 rings (SSSR count). The minimum absolute atomic E-state index is 0.106. The molecule has 0 radical (unpaired) electrons. The highest BCUT2D eigenvalue weighted by molar-refractivity contribution is 8.15. The van der Waals surface area contributed by atoms with Crippen LogP contribution in [-0.4, -0.2) is 22.9 Å². The summed E-state index contributed by atoms with van der Waals surface area (Å²) in [6.07, 6.45) is 0. The van der Waals surface area contributed by atoms with Crippen molar-refractivity contribution >= 4 is 28.5 Å². The lowest BCUT2D eigenvalue weighted by molar-refractivity contribution is -0.116. The molecule has 1 atom stereocenters. The molecule has 17 heavy (non-hydrogen) atoms. The van der Waals surface area contributed by atoms with E-state index in [1.165, 1.54) is 23.9 Å². The van der Waals surface area contributed by atoms with Gasteiger partial charge in [0.05, 0.1) is 5.25 Å². The summed E-state index contributed by atoms with van der Waals surface area (Å²) in [7, 11) is 0. The van der Waals surface area contributed by atoms with E-state index < -0.39 is 0 Å². The van der Waals surface area contributed by atoms with Crippen LogP contribution in [-0.2, 0) is 4.79 Å². The smallest absolute Gasteiger partial charge is 0.261 e. The number of halogens is 1. The van der Waals surface area contributed by atoms with Crippen molar-refractivity contribution in [1.29, 1.82) is 0 Å². The fraction of sp³-hybridized carbons (Fsp3) is 0.333. The van der Waals surface area contributed by atoms with Crippen molar-refractivity contribution < 1.29 is 9.18 Å². The summed E-state index contributed by atoms with van der Waals surface area (Å²) in [6, 6.07) is 6.19. The number of nitrogens with zero attached hydrogens (tertiary/aromatic N) is 2. The number of amidine groups is 1. The highest BCUT2D eigenvalue weighted by Crippen LogP contribution is 2.27. The first kappa shape index (κ1) is 12.1. The molecule has 0 saturated carbocycles. The molecular weight excluding hydrogens is 239 g/mol. The van der Waals surface area contributed by atoms with Gasteiger partial charge in [-0.25, -0.2) is 4.39 Å². The van der Waals surface area contributed by atoms with Gasteiger partial charge >= 0.3 is 0 Å². The van der Waals surface area contributed by atoms with Crippen molar-refractivity contribution in [3.63, 3.8) is 0 Å². The third-order valence-electron chi connectivity index (χ3n) is 2.52. The largest absolute Gasteiger partial charge is 0.321 e. The Hall–Kier alpha value is -1.36. The zero-order valence-electron chi connectivity index (χ0n) is 9.68. The average molecular weight is 252 g/mol. The Labute approximate surface area is 104 Å². The summed E-state index contributed by atoms with van der Waals surface area (Å²) < 4.78 is 12.8. The van der Waals surface area contributed by atoms with Gasteiger partial charge in [0.25, 0.3) is 5.91 Å². The number of hydrogen-bond donors (Lipinski definition) is 0. The van der Waals surface area contributed by atoms with Crippen molar-refractivity contribution in [1.82, 2.24) is 0 Å². The summed E-state index contributed by atoms with van der Waals surface area (Å²) in [5.41, 5.74) is 0.849. The number of thioether (sulfide) groups is 1. The summed E-state index contributed by atoms with van der Waals surface area (Å²) in [6.45, 7) is 4.50. The third kappa shape index (κ3) is 2.49. The summed E-state index contributed by atoms with van der Waals surface area (Å²) >= 11 is 1.44. The van der Waals surface area contributed by atoms with Crippen LogP contribution in [0, 0.1) is 5.82 Å². The molecule has 1 heterocycles. The Morgan fingerprint density at radius 2 is 2.06 bits per heavy atom. The molecular formula is C12H13FN2OS. The van der Waals surface area contributed by atoms with E-state index in [1.54, 1.807) is 12.1 Å². The second kappa shape index (κ2) is 4.87. The maximum atomic E-state index is 12.8. The van der Waals surface area contributed by atoms with Crippen molar-refractivity contribution in [2.24, 2.45) is 4.99 Å².